The normalized spacial score (nSPS) is 26.8. The molecule has 0 bridgehead atoms. The third kappa shape index (κ3) is 2.54. The van der Waals surface area contributed by atoms with Crippen molar-refractivity contribution < 1.29 is 4.79 Å². The van der Waals surface area contributed by atoms with E-state index in [4.69, 9.17) is 5.73 Å². The highest BCUT2D eigenvalue weighted by atomic mass is 16.2. The van der Waals surface area contributed by atoms with Gasteiger partial charge >= 0.3 is 0 Å². The van der Waals surface area contributed by atoms with Gasteiger partial charge in [-0.25, -0.2) is 0 Å². The Morgan fingerprint density at radius 1 is 1.28 bits per heavy atom. The predicted octanol–water partition coefficient (Wildman–Crippen LogP) is 1.06. The van der Waals surface area contributed by atoms with Gasteiger partial charge < -0.3 is 10.6 Å². The number of carbonyl (C=O) groups is 1. The van der Waals surface area contributed by atoms with E-state index in [1.807, 2.05) is 4.90 Å². The van der Waals surface area contributed by atoms with Crippen molar-refractivity contribution in [2.24, 2.45) is 11.1 Å². The van der Waals surface area contributed by atoms with Gasteiger partial charge in [0.25, 0.3) is 0 Å². The maximum atomic E-state index is 12.4. The fourth-order valence-electron chi connectivity index (χ4n) is 3.02. The molecule has 2 fully saturated rings. The second-order valence-corrected chi connectivity index (χ2v) is 6.78. The first-order chi connectivity index (χ1) is 8.38. The van der Waals surface area contributed by atoms with Gasteiger partial charge in [0, 0.05) is 31.6 Å². The van der Waals surface area contributed by atoms with Crippen LogP contribution in [0.15, 0.2) is 0 Å². The van der Waals surface area contributed by atoms with E-state index in [2.05, 4.69) is 25.8 Å². The lowest BCUT2D eigenvalue weighted by atomic mass is 9.66. The number of nitrogens with two attached hydrogens (primary N) is 1. The summed E-state index contributed by atoms with van der Waals surface area (Å²) in [5.74, 6) is 0.307. The number of nitrogens with zero attached hydrogens (tertiary/aromatic N) is 2. The number of rotatable bonds is 3. The average molecular weight is 253 g/mol. The Bertz CT molecular complexity index is 317. The van der Waals surface area contributed by atoms with Crippen molar-refractivity contribution in [1.82, 2.24) is 9.80 Å². The van der Waals surface area contributed by atoms with E-state index < -0.39 is 0 Å². The van der Waals surface area contributed by atoms with Crippen molar-refractivity contribution in [3.8, 4) is 0 Å². The molecule has 1 heterocycles. The summed E-state index contributed by atoms with van der Waals surface area (Å²) in [6.45, 7) is 7.73. The molecule has 2 rings (SSSR count). The number of piperazine rings is 1. The van der Waals surface area contributed by atoms with E-state index in [1.165, 1.54) is 6.42 Å². The molecule has 0 aromatic carbocycles. The lowest BCUT2D eigenvalue weighted by Crippen LogP contribution is -2.59. The minimum Gasteiger partial charge on any atom is -0.340 e. The van der Waals surface area contributed by atoms with Gasteiger partial charge in [-0.15, -0.1) is 0 Å². The Hall–Kier alpha value is -0.610. The molecule has 2 N–H and O–H groups in total. The maximum Gasteiger partial charge on any atom is 0.223 e. The zero-order valence-electron chi connectivity index (χ0n) is 12.0. The van der Waals surface area contributed by atoms with E-state index in [1.54, 1.807) is 0 Å². The SMILES string of the molecule is CN1CCN(C(=O)CC2(CN)CCC2)CC1(C)C. The smallest absolute Gasteiger partial charge is 0.223 e. The van der Waals surface area contributed by atoms with Gasteiger partial charge in [0.1, 0.15) is 0 Å². The third-order valence-corrected chi connectivity index (χ3v) is 5.04. The monoisotopic (exact) mass is 253 g/mol. The molecule has 0 aromatic rings. The molecule has 4 nitrogen and oxygen atoms in total. The molecule has 1 aliphatic heterocycles. The molecular weight excluding hydrogens is 226 g/mol. The molecule has 1 amide bonds. The van der Waals surface area contributed by atoms with Crippen LogP contribution in [0.1, 0.15) is 39.5 Å². The molecule has 1 aliphatic carbocycles. The summed E-state index contributed by atoms with van der Waals surface area (Å²) in [4.78, 5) is 16.8. The number of likely N-dealkylation sites (N-methyl/N-ethyl adjacent to an activating group) is 1. The average Bonchev–Trinajstić information content (AvgIpc) is 2.27. The summed E-state index contributed by atoms with van der Waals surface area (Å²) in [5, 5.41) is 0. The Balaban J connectivity index is 1.94. The molecule has 104 valence electrons. The van der Waals surface area contributed by atoms with Crippen LogP contribution in [-0.2, 0) is 4.79 Å². The summed E-state index contributed by atoms with van der Waals surface area (Å²) >= 11 is 0. The molecular formula is C14H27N3O. The lowest BCUT2D eigenvalue weighted by molar-refractivity contribution is -0.139. The van der Waals surface area contributed by atoms with Crippen LogP contribution in [0.5, 0.6) is 0 Å². The molecule has 0 unspecified atom stereocenters. The second kappa shape index (κ2) is 4.82. The first kappa shape index (κ1) is 13.8. The standard InChI is InChI=1S/C14H27N3O/c1-13(2)11-17(8-7-16(13)3)12(18)9-14(10-15)5-4-6-14/h4-11,15H2,1-3H3. The molecule has 0 radical (unpaired) electrons. The summed E-state index contributed by atoms with van der Waals surface area (Å²) in [5.41, 5.74) is 6.06. The van der Waals surface area contributed by atoms with E-state index in [0.717, 1.165) is 32.5 Å². The zero-order chi connectivity index (χ0) is 13.4. The van der Waals surface area contributed by atoms with Crippen LogP contribution in [0, 0.1) is 5.41 Å². The largest absolute Gasteiger partial charge is 0.340 e. The molecule has 0 atom stereocenters. The van der Waals surface area contributed by atoms with Crippen molar-refractivity contribution in [3.05, 3.63) is 0 Å². The first-order valence-corrected chi connectivity index (χ1v) is 7.08. The Kier molecular flexibility index (Phi) is 3.70. The van der Waals surface area contributed by atoms with Crippen LogP contribution >= 0.6 is 0 Å². The molecule has 1 saturated carbocycles. The van der Waals surface area contributed by atoms with Crippen molar-refractivity contribution in [2.75, 3.05) is 33.2 Å². The Labute approximate surface area is 110 Å². The van der Waals surface area contributed by atoms with Crippen LogP contribution < -0.4 is 5.73 Å². The summed E-state index contributed by atoms with van der Waals surface area (Å²) in [6.07, 6.45) is 4.15. The van der Waals surface area contributed by atoms with Gasteiger partial charge in [-0.3, -0.25) is 9.69 Å². The molecule has 4 heteroatoms. The van der Waals surface area contributed by atoms with E-state index in [0.29, 0.717) is 18.9 Å². The minimum atomic E-state index is 0.0867. The quantitative estimate of drug-likeness (QED) is 0.818. The van der Waals surface area contributed by atoms with Crippen LogP contribution in [0.2, 0.25) is 0 Å². The van der Waals surface area contributed by atoms with Crippen LogP contribution in [-0.4, -0.2) is 54.5 Å². The number of amides is 1. The van der Waals surface area contributed by atoms with E-state index >= 15 is 0 Å². The zero-order valence-corrected chi connectivity index (χ0v) is 12.0. The number of hydrogen-bond donors (Lipinski definition) is 1. The Morgan fingerprint density at radius 3 is 2.39 bits per heavy atom. The van der Waals surface area contributed by atoms with Gasteiger partial charge in [-0.05, 0) is 45.7 Å². The van der Waals surface area contributed by atoms with Crippen LogP contribution in [0.25, 0.3) is 0 Å². The molecule has 2 aliphatic rings. The highest BCUT2D eigenvalue weighted by Gasteiger charge is 2.40. The highest BCUT2D eigenvalue weighted by molar-refractivity contribution is 5.77. The fraction of sp³-hybridized carbons (Fsp3) is 0.929. The predicted molar refractivity (Wildman–Crippen MR) is 73.2 cm³/mol. The minimum absolute atomic E-state index is 0.0867. The molecule has 1 saturated heterocycles. The van der Waals surface area contributed by atoms with Gasteiger partial charge in [0.05, 0.1) is 0 Å². The van der Waals surface area contributed by atoms with Crippen molar-refractivity contribution in [1.29, 1.82) is 0 Å². The van der Waals surface area contributed by atoms with Crippen LogP contribution in [0.4, 0.5) is 0 Å². The van der Waals surface area contributed by atoms with Crippen LogP contribution in [0.3, 0.4) is 0 Å². The summed E-state index contributed by atoms with van der Waals surface area (Å²) in [6, 6.07) is 0. The molecule has 18 heavy (non-hydrogen) atoms. The first-order valence-electron chi connectivity index (χ1n) is 7.08. The van der Waals surface area contributed by atoms with E-state index in [-0.39, 0.29) is 11.0 Å². The van der Waals surface area contributed by atoms with Gasteiger partial charge in [0.2, 0.25) is 5.91 Å². The topological polar surface area (TPSA) is 49.6 Å². The van der Waals surface area contributed by atoms with Crippen molar-refractivity contribution in [3.63, 3.8) is 0 Å². The highest BCUT2D eigenvalue weighted by Crippen LogP contribution is 2.43. The summed E-state index contributed by atoms with van der Waals surface area (Å²) < 4.78 is 0. The summed E-state index contributed by atoms with van der Waals surface area (Å²) in [7, 11) is 2.13. The van der Waals surface area contributed by atoms with Crippen molar-refractivity contribution >= 4 is 5.91 Å². The van der Waals surface area contributed by atoms with Gasteiger partial charge in [-0.2, -0.15) is 0 Å². The molecule has 0 aromatic heterocycles. The fourth-order valence-corrected chi connectivity index (χ4v) is 3.02. The van der Waals surface area contributed by atoms with Gasteiger partial charge in [-0.1, -0.05) is 6.42 Å². The maximum absolute atomic E-state index is 12.4. The number of hydrogen-bond acceptors (Lipinski definition) is 3. The number of carbonyl (C=O) groups excluding carboxylic acids is 1. The van der Waals surface area contributed by atoms with Crippen molar-refractivity contribution in [2.45, 2.75) is 45.1 Å². The molecule has 0 spiro atoms. The lowest BCUT2D eigenvalue weighted by Gasteiger charge is -2.47. The second-order valence-electron chi connectivity index (χ2n) is 6.78. The van der Waals surface area contributed by atoms with E-state index in [9.17, 15) is 4.79 Å². The third-order valence-electron chi connectivity index (χ3n) is 5.04. The Morgan fingerprint density at radius 2 is 1.94 bits per heavy atom. The van der Waals surface area contributed by atoms with Gasteiger partial charge in [0.15, 0.2) is 0 Å².